The molecule has 18 heavy (non-hydrogen) atoms. The van der Waals surface area contributed by atoms with Gasteiger partial charge in [0.1, 0.15) is 11.8 Å². The fourth-order valence-corrected chi connectivity index (χ4v) is 2.62. The van der Waals surface area contributed by atoms with Gasteiger partial charge in [-0.1, -0.05) is 12.1 Å². The molecule has 1 atom stereocenters. The zero-order chi connectivity index (χ0) is 13.1. The summed E-state index contributed by atoms with van der Waals surface area (Å²) in [6.45, 7) is 3.01. The third-order valence-corrected chi connectivity index (χ3v) is 3.57. The zero-order valence-corrected chi connectivity index (χ0v) is 13.3. The molecule has 0 fully saturated rings. The minimum atomic E-state index is -0.0642. The van der Waals surface area contributed by atoms with Gasteiger partial charge in [-0.15, -0.1) is 5.10 Å². The molecule has 1 unspecified atom stereocenters. The van der Waals surface area contributed by atoms with E-state index in [4.69, 9.17) is 4.42 Å². The summed E-state index contributed by atoms with van der Waals surface area (Å²) in [6.07, 6.45) is 1.04. The van der Waals surface area contributed by atoms with Crippen molar-refractivity contribution in [1.82, 2.24) is 20.3 Å². The first kappa shape index (κ1) is 13.8. The third kappa shape index (κ3) is 2.84. The Morgan fingerprint density at radius 2 is 2.22 bits per heavy atom. The van der Waals surface area contributed by atoms with Crippen LogP contribution in [0.1, 0.15) is 30.8 Å². The first-order chi connectivity index (χ1) is 8.63. The molecule has 0 aliphatic rings. The van der Waals surface area contributed by atoms with E-state index in [-0.39, 0.29) is 6.04 Å². The number of aryl methyl sites for hydroxylation is 1. The van der Waals surface area contributed by atoms with Crippen LogP contribution < -0.4 is 5.32 Å². The highest BCUT2D eigenvalue weighted by Crippen LogP contribution is 2.29. The van der Waals surface area contributed by atoms with E-state index in [9.17, 15) is 0 Å². The van der Waals surface area contributed by atoms with Gasteiger partial charge in [-0.05, 0) is 57.0 Å². The topological polar surface area (TPSA) is 55.9 Å². The molecule has 2 aromatic heterocycles. The molecule has 98 valence electrons. The van der Waals surface area contributed by atoms with Gasteiger partial charge in [-0.3, -0.25) is 0 Å². The Labute approximate surface area is 122 Å². The van der Waals surface area contributed by atoms with Crippen molar-refractivity contribution in [3.05, 3.63) is 32.9 Å². The number of rotatable bonds is 5. The van der Waals surface area contributed by atoms with Crippen molar-refractivity contribution in [2.24, 2.45) is 7.05 Å². The lowest BCUT2D eigenvalue weighted by atomic mass is 10.1. The molecule has 0 aromatic carbocycles. The Bertz CT molecular complexity index is 503. The third-order valence-electron chi connectivity index (χ3n) is 2.58. The van der Waals surface area contributed by atoms with E-state index in [1.54, 1.807) is 4.68 Å². The molecular weight excluding hydrogens is 364 g/mol. The number of nitrogens with one attached hydrogen (secondary N) is 1. The molecule has 2 rings (SSSR count). The first-order valence-electron chi connectivity index (χ1n) is 5.67. The van der Waals surface area contributed by atoms with Gasteiger partial charge in [0.05, 0.1) is 5.69 Å². The largest absolute Gasteiger partial charge is 0.452 e. The fraction of sp³-hybridized carbons (Fsp3) is 0.455. The van der Waals surface area contributed by atoms with Crippen LogP contribution in [0.5, 0.6) is 0 Å². The molecular formula is C11H14Br2N4O. The van der Waals surface area contributed by atoms with Gasteiger partial charge in [0.25, 0.3) is 0 Å². The lowest BCUT2D eigenvalue weighted by Gasteiger charge is -2.16. The van der Waals surface area contributed by atoms with Crippen molar-refractivity contribution in [2.45, 2.75) is 19.4 Å². The Balaban J connectivity index is 2.36. The summed E-state index contributed by atoms with van der Waals surface area (Å²) in [5.41, 5.74) is 0.949. The van der Waals surface area contributed by atoms with Crippen LogP contribution in [0.25, 0.3) is 0 Å². The van der Waals surface area contributed by atoms with Crippen LogP contribution in [0.15, 0.2) is 25.8 Å². The highest BCUT2D eigenvalue weighted by molar-refractivity contribution is 9.10. The second-order valence-electron chi connectivity index (χ2n) is 3.92. The number of furan rings is 1. The number of hydrogen-bond acceptors (Lipinski definition) is 4. The highest BCUT2D eigenvalue weighted by Gasteiger charge is 2.24. The van der Waals surface area contributed by atoms with E-state index < -0.39 is 0 Å². The van der Waals surface area contributed by atoms with E-state index in [0.29, 0.717) is 4.67 Å². The van der Waals surface area contributed by atoms with Crippen molar-refractivity contribution >= 4 is 31.9 Å². The van der Waals surface area contributed by atoms with Crippen molar-refractivity contribution in [2.75, 3.05) is 6.54 Å². The fourth-order valence-electron chi connectivity index (χ4n) is 1.75. The number of nitrogens with zero attached hydrogens (tertiary/aromatic N) is 3. The molecule has 0 radical (unpaired) electrons. The summed E-state index contributed by atoms with van der Waals surface area (Å²) in [4.78, 5) is 0. The van der Waals surface area contributed by atoms with Crippen LogP contribution in [-0.4, -0.2) is 21.5 Å². The average Bonchev–Trinajstić information content (AvgIpc) is 2.90. The summed E-state index contributed by atoms with van der Waals surface area (Å²) in [6, 6.07) is 3.76. The minimum Gasteiger partial charge on any atom is -0.452 e. The van der Waals surface area contributed by atoms with Gasteiger partial charge >= 0.3 is 0 Å². The van der Waals surface area contributed by atoms with E-state index >= 15 is 0 Å². The molecule has 0 saturated carbocycles. The maximum Gasteiger partial charge on any atom is 0.169 e. The molecule has 0 aliphatic carbocycles. The van der Waals surface area contributed by atoms with Gasteiger partial charge in [0.2, 0.25) is 0 Å². The molecule has 0 bridgehead atoms. The van der Waals surface area contributed by atoms with Gasteiger partial charge < -0.3 is 9.73 Å². The zero-order valence-electron chi connectivity index (χ0n) is 10.2. The summed E-state index contributed by atoms with van der Waals surface area (Å²) >= 11 is 6.75. The second kappa shape index (κ2) is 5.99. The smallest absolute Gasteiger partial charge is 0.169 e. The number of hydrogen-bond donors (Lipinski definition) is 1. The van der Waals surface area contributed by atoms with Crippen LogP contribution in [0, 0.1) is 0 Å². The minimum absolute atomic E-state index is 0.0642. The van der Waals surface area contributed by atoms with Crippen LogP contribution in [-0.2, 0) is 7.05 Å². The lowest BCUT2D eigenvalue weighted by molar-refractivity contribution is 0.419. The van der Waals surface area contributed by atoms with E-state index in [1.807, 2.05) is 19.2 Å². The van der Waals surface area contributed by atoms with Crippen molar-refractivity contribution in [3.8, 4) is 0 Å². The molecule has 1 N–H and O–H groups in total. The maximum atomic E-state index is 5.64. The summed E-state index contributed by atoms with van der Waals surface area (Å²) in [5.74, 6) is 0.835. The Hall–Kier alpha value is -0.660. The molecule has 0 aliphatic heterocycles. The van der Waals surface area contributed by atoms with Gasteiger partial charge in [0.15, 0.2) is 9.27 Å². The molecule has 0 spiro atoms. The summed E-state index contributed by atoms with van der Waals surface area (Å²) < 4.78 is 8.83. The van der Waals surface area contributed by atoms with Crippen molar-refractivity contribution in [3.63, 3.8) is 0 Å². The Kier molecular flexibility index (Phi) is 4.58. The first-order valence-corrected chi connectivity index (χ1v) is 7.25. The number of halogens is 2. The Morgan fingerprint density at radius 1 is 1.44 bits per heavy atom. The second-order valence-corrected chi connectivity index (χ2v) is 5.45. The van der Waals surface area contributed by atoms with Gasteiger partial charge in [0, 0.05) is 7.05 Å². The summed E-state index contributed by atoms with van der Waals surface area (Å²) in [7, 11) is 1.87. The molecule has 0 amide bonds. The summed E-state index contributed by atoms with van der Waals surface area (Å²) in [5, 5.41) is 11.5. The average molecular weight is 378 g/mol. The van der Waals surface area contributed by atoms with E-state index in [0.717, 1.165) is 29.0 Å². The van der Waals surface area contributed by atoms with Gasteiger partial charge in [-0.2, -0.15) is 0 Å². The molecule has 7 heteroatoms. The molecule has 0 saturated heterocycles. The van der Waals surface area contributed by atoms with E-state index in [2.05, 4.69) is 54.4 Å². The van der Waals surface area contributed by atoms with Crippen molar-refractivity contribution in [1.29, 1.82) is 0 Å². The monoisotopic (exact) mass is 376 g/mol. The van der Waals surface area contributed by atoms with E-state index in [1.165, 1.54) is 0 Å². The van der Waals surface area contributed by atoms with Crippen LogP contribution in [0.2, 0.25) is 0 Å². The van der Waals surface area contributed by atoms with Crippen LogP contribution >= 0.6 is 31.9 Å². The standard InChI is InChI=1S/C11H14Br2N4O/c1-3-6-14-9(7-4-5-8(12)18-7)10-11(13)15-16-17(10)2/h4-5,9,14H,3,6H2,1-2H3. The molecule has 2 heterocycles. The maximum absolute atomic E-state index is 5.64. The molecule has 5 nitrogen and oxygen atoms in total. The lowest BCUT2D eigenvalue weighted by Crippen LogP contribution is -2.25. The SMILES string of the molecule is CCCNC(c1ccc(Br)o1)c1c(Br)nnn1C. The predicted octanol–water partition coefficient (Wildman–Crippen LogP) is 3.02. The number of aromatic nitrogens is 3. The predicted molar refractivity (Wildman–Crippen MR) is 75.2 cm³/mol. The normalized spacial score (nSPS) is 12.9. The quantitative estimate of drug-likeness (QED) is 0.870. The molecule has 2 aromatic rings. The van der Waals surface area contributed by atoms with Crippen molar-refractivity contribution < 1.29 is 4.42 Å². The van der Waals surface area contributed by atoms with Gasteiger partial charge in [-0.25, -0.2) is 4.68 Å². The van der Waals surface area contributed by atoms with Crippen LogP contribution in [0.3, 0.4) is 0 Å². The van der Waals surface area contributed by atoms with Crippen LogP contribution in [0.4, 0.5) is 0 Å². The Morgan fingerprint density at radius 3 is 2.72 bits per heavy atom. The highest BCUT2D eigenvalue weighted by atomic mass is 79.9.